The van der Waals surface area contributed by atoms with Gasteiger partial charge in [-0.1, -0.05) is 0 Å². The first-order valence-electron chi connectivity index (χ1n) is 7.91. The van der Waals surface area contributed by atoms with Crippen LogP contribution in [0.3, 0.4) is 0 Å². The van der Waals surface area contributed by atoms with Gasteiger partial charge in [0.2, 0.25) is 0 Å². The van der Waals surface area contributed by atoms with Crippen LogP contribution in [0, 0.1) is 5.92 Å². The highest BCUT2D eigenvalue weighted by Gasteiger charge is 2.31. The SMILES string of the molecule is COC(=O)Cn1nc(CC2CCS(=O)(=O)C2)c2c1CCN(C)C2. The lowest BCUT2D eigenvalue weighted by Crippen LogP contribution is -2.28. The summed E-state index contributed by atoms with van der Waals surface area (Å²) in [5.41, 5.74) is 3.19. The van der Waals surface area contributed by atoms with E-state index in [-0.39, 0.29) is 29.9 Å². The van der Waals surface area contributed by atoms with Crippen LogP contribution in [0.25, 0.3) is 0 Å². The summed E-state index contributed by atoms with van der Waals surface area (Å²) in [7, 11) is 0.548. The molecule has 0 bridgehead atoms. The van der Waals surface area contributed by atoms with E-state index < -0.39 is 9.84 Å². The molecular formula is C15H23N3O4S. The second-order valence-corrected chi connectivity index (χ2v) is 8.80. The molecule has 0 spiro atoms. The van der Waals surface area contributed by atoms with Gasteiger partial charge in [-0.2, -0.15) is 5.10 Å². The number of esters is 1. The number of fused-ring (bicyclic) bond motifs is 1. The number of sulfone groups is 1. The molecule has 0 aromatic carbocycles. The molecule has 1 atom stereocenters. The van der Waals surface area contributed by atoms with Crippen molar-refractivity contribution in [3.63, 3.8) is 0 Å². The summed E-state index contributed by atoms with van der Waals surface area (Å²) in [5, 5.41) is 4.62. The van der Waals surface area contributed by atoms with Gasteiger partial charge >= 0.3 is 5.97 Å². The Bertz CT molecular complexity index is 711. The zero-order valence-electron chi connectivity index (χ0n) is 13.6. The van der Waals surface area contributed by atoms with Gasteiger partial charge in [0.15, 0.2) is 9.84 Å². The lowest BCUT2D eigenvalue weighted by atomic mass is 9.97. The number of hydrogen-bond acceptors (Lipinski definition) is 6. The third-order valence-corrected chi connectivity index (χ3v) is 6.56. The maximum Gasteiger partial charge on any atom is 0.327 e. The Hall–Kier alpha value is -1.41. The van der Waals surface area contributed by atoms with Gasteiger partial charge in [-0.05, 0) is 25.8 Å². The molecule has 23 heavy (non-hydrogen) atoms. The van der Waals surface area contributed by atoms with E-state index >= 15 is 0 Å². The molecule has 2 aliphatic heterocycles. The fourth-order valence-electron chi connectivity index (χ4n) is 3.49. The van der Waals surface area contributed by atoms with E-state index in [2.05, 4.69) is 17.0 Å². The van der Waals surface area contributed by atoms with Crippen LogP contribution in [0.4, 0.5) is 0 Å². The van der Waals surface area contributed by atoms with Crippen molar-refractivity contribution in [1.82, 2.24) is 14.7 Å². The lowest BCUT2D eigenvalue weighted by Gasteiger charge is -2.23. The monoisotopic (exact) mass is 341 g/mol. The van der Waals surface area contributed by atoms with Crippen LogP contribution < -0.4 is 0 Å². The zero-order valence-corrected chi connectivity index (χ0v) is 14.4. The van der Waals surface area contributed by atoms with E-state index in [4.69, 9.17) is 4.74 Å². The van der Waals surface area contributed by atoms with E-state index in [1.54, 1.807) is 4.68 Å². The summed E-state index contributed by atoms with van der Waals surface area (Å²) in [6, 6.07) is 0. The van der Waals surface area contributed by atoms with Gasteiger partial charge < -0.3 is 9.64 Å². The smallest absolute Gasteiger partial charge is 0.327 e. The third-order valence-electron chi connectivity index (χ3n) is 4.72. The van der Waals surface area contributed by atoms with E-state index in [9.17, 15) is 13.2 Å². The number of methoxy groups -OCH3 is 1. The minimum Gasteiger partial charge on any atom is -0.468 e. The first-order valence-corrected chi connectivity index (χ1v) is 9.73. The Morgan fingerprint density at radius 3 is 2.87 bits per heavy atom. The van der Waals surface area contributed by atoms with Gasteiger partial charge in [0, 0.05) is 30.8 Å². The maximum atomic E-state index is 11.7. The van der Waals surface area contributed by atoms with Crippen LogP contribution in [0.15, 0.2) is 0 Å². The van der Waals surface area contributed by atoms with Crippen molar-refractivity contribution in [1.29, 1.82) is 0 Å². The highest BCUT2D eigenvalue weighted by molar-refractivity contribution is 7.91. The van der Waals surface area contributed by atoms with Crippen LogP contribution in [0.1, 0.15) is 23.4 Å². The first-order chi connectivity index (χ1) is 10.9. The van der Waals surface area contributed by atoms with E-state index in [1.807, 2.05) is 0 Å². The van der Waals surface area contributed by atoms with Crippen molar-refractivity contribution in [3.05, 3.63) is 17.0 Å². The number of rotatable bonds is 4. The normalized spacial score (nSPS) is 23.7. The molecule has 0 N–H and O–H groups in total. The Morgan fingerprint density at radius 2 is 2.22 bits per heavy atom. The van der Waals surface area contributed by atoms with Gasteiger partial charge in [0.25, 0.3) is 0 Å². The quantitative estimate of drug-likeness (QED) is 0.718. The number of ether oxygens (including phenoxy) is 1. The molecule has 0 saturated carbocycles. The molecule has 7 nitrogen and oxygen atoms in total. The summed E-state index contributed by atoms with van der Waals surface area (Å²) >= 11 is 0. The predicted octanol–water partition coefficient (Wildman–Crippen LogP) is 0.0212. The summed E-state index contributed by atoms with van der Waals surface area (Å²) in [4.78, 5) is 13.8. The molecule has 0 radical (unpaired) electrons. The van der Waals surface area contributed by atoms with Crippen molar-refractivity contribution in [2.45, 2.75) is 32.4 Å². The summed E-state index contributed by atoms with van der Waals surface area (Å²) in [5.74, 6) is 0.353. The molecular weight excluding hydrogens is 318 g/mol. The van der Waals surface area contributed by atoms with Gasteiger partial charge in [0.1, 0.15) is 6.54 Å². The Balaban J connectivity index is 1.85. The number of likely N-dealkylation sites (N-methyl/N-ethyl adjacent to an activating group) is 1. The summed E-state index contributed by atoms with van der Waals surface area (Å²) in [6.45, 7) is 1.84. The molecule has 1 unspecified atom stereocenters. The van der Waals surface area contributed by atoms with Crippen molar-refractivity contribution in [2.24, 2.45) is 5.92 Å². The molecule has 2 aliphatic rings. The predicted molar refractivity (Wildman–Crippen MR) is 84.7 cm³/mol. The van der Waals surface area contributed by atoms with Crippen molar-refractivity contribution in [2.75, 3.05) is 32.2 Å². The number of carbonyl (C=O) groups excluding carboxylic acids is 1. The molecule has 8 heteroatoms. The largest absolute Gasteiger partial charge is 0.468 e. The average molecular weight is 341 g/mol. The fraction of sp³-hybridized carbons (Fsp3) is 0.733. The fourth-order valence-corrected chi connectivity index (χ4v) is 5.35. The summed E-state index contributed by atoms with van der Waals surface area (Å²) < 4.78 is 29.8. The minimum absolute atomic E-state index is 0.117. The second-order valence-electron chi connectivity index (χ2n) is 6.57. The van der Waals surface area contributed by atoms with Crippen LogP contribution >= 0.6 is 0 Å². The van der Waals surface area contributed by atoms with Crippen LogP contribution in [0.5, 0.6) is 0 Å². The lowest BCUT2D eigenvalue weighted by molar-refractivity contribution is -0.141. The zero-order chi connectivity index (χ0) is 16.6. The number of carbonyl (C=O) groups is 1. The number of aromatic nitrogens is 2. The van der Waals surface area contributed by atoms with Crippen LogP contribution in [-0.4, -0.2) is 61.3 Å². The van der Waals surface area contributed by atoms with Crippen LogP contribution in [-0.2, 0) is 45.3 Å². The molecule has 3 heterocycles. The molecule has 1 aromatic rings. The van der Waals surface area contributed by atoms with Gasteiger partial charge in [-0.15, -0.1) is 0 Å². The van der Waals surface area contributed by atoms with Crippen LogP contribution in [0.2, 0.25) is 0 Å². The average Bonchev–Trinajstić information content (AvgIpc) is 2.99. The van der Waals surface area contributed by atoms with Crippen molar-refractivity contribution < 1.29 is 17.9 Å². The van der Waals surface area contributed by atoms with Crippen molar-refractivity contribution in [3.8, 4) is 0 Å². The van der Waals surface area contributed by atoms with Gasteiger partial charge in [-0.3, -0.25) is 9.48 Å². The number of hydrogen-bond donors (Lipinski definition) is 0. The molecule has 1 fully saturated rings. The third kappa shape index (κ3) is 3.58. The number of nitrogens with zero attached hydrogens (tertiary/aromatic N) is 3. The molecule has 0 aliphatic carbocycles. The Morgan fingerprint density at radius 1 is 1.43 bits per heavy atom. The molecule has 128 valence electrons. The maximum absolute atomic E-state index is 11.7. The molecule has 3 rings (SSSR count). The van der Waals surface area contributed by atoms with Gasteiger partial charge in [-0.25, -0.2) is 8.42 Å². The van der Waals surface area contributed by atoms with Crippen molar-refractivity contribution >= 4 is 15.8 Å². The van der Waals surface area contributed by atoms with Gasteiger partial charge in [0.05, 0.1) is 24.3 Å². The first kappa shape index (κ1) is 16.4. The minimum atomic E-state index is -2.88. The Labute approximate surface area is 136 Å². The molecule has 0 amide bonds. The molecule has 1 saturated heterocycles. The second kappa shape index (κ2) is 6.24. The standard InChI is InChI=1S/C15H23N3O4S/c1-17-5-3-14-12(8-17)13(16-18(14)9-15(19)22-2)7-11-4-6-23(20,21)10-11/h11H,3-10H2,1-2H3. The van der Waals surface area contributed by atoms with E-state index in [0.717, 1.165) is 36.5 Å². The molecule has 1 aromatic heterocycles. The summed E-state index contributed by atoms with van der Waals surface area (Å²) in [6.07, 6.45) is 2.22. The topological polar surface area (TPSA) is 81.5 Å². The Kier molecular flexibility index (Phi) is 4.46. The highest BCUT2D eigenvalue weighted by Crippen LogP contribution is 2.28. The highest BCUT2D eigenvalue weighted by atomic mass is 32.2. The van der Waals surface area contributed by atoms with E-state index in [1.165, 1.54) is 7.11 Å². The van der Waals surface area contributed by atoms with E-state index in [0.29, 0.717) is 12.8 Å².